The molecule has 0 saturated heterocycles. The van der Waals surface area contributed by atoms with Gasteiger partial charge in [0.2, 0.25) is 0 Å². The fourth-order valence-electron chi connectivity index (χ4n) is 2.94. The van der Waals surface area contributed by atoms with E-state index in [2.05, 4.69) is 12.2 Å². The second kappa shape index (κ2) is 10.8. The zero-order chi connectivity index (χ0) is 13.1. The van der Waals surface area contributed by atoms with E-state index in [0.29, 0.717) is 0 Å². The minimum absolute atomic E-state index is 0.722. The van der Waals surface area contributed by atoms with Crippen LogP contribution in [-0.4, -0.2) is 39.5 Å². The lowest BCUT2D eigenvalue weighted by molar-refractivity contribution is 0.0978. The van der Waals surface area contributed by atoms with Crippen LogP contribution in [0.1, 0.15) is 51.9 Å². The van der Waals surface area contributed by atoms with E-state index in [4.69, 9.17) is 9.47 Å². The van der Waals surface area contributed by atoms with Crippen molar-refractivity contribution in [1.29, 1.82) is 0 Å². The van der Waals surface area contributed by atoms with Gasteiger partial charge in [0.15, 0.2) is 0 Å². The molecule has 1 N–H and O–H groups in total. The Morgan fingerprint density at radius 1 is 1.11 bits per heavy atom. The molecule has 0 aromatic heterocycles. The molecule has 1 aliphatic rings. The van der Waals surface area contributed by atoms with Gasteiger partial charge in [0, 0.05) is 33.0 Å². The van der Waals surface area contributed by atoms with Crippen molar-refractivity contribution in [1.82, 2.24) is 5.32 Å². The Balaban J connectivity index is 2.02. The summed E-state index contributed by atoms with van der Waals surface area (Å²) in [5, 5.41) is 3.66. The van der Waals surface area contributed by atoms with Crippen molar-refractivity contribution in [2.75, 3.05) is 33.5 Å². The van der Waals surface area contributed by atoms with E-state index in [-0.39, 0.29) is 0 Å². The van der Waals surface area contributed by atoms with E-state index in [9.17, 15) is 0 Å². The fourth-order valence-corrected chi connectivity index (χ4v) is 2.94. The van der Waals surface area contributed by atoms with Crippen molar-refractivity contribution >= 4 is 0 Å². The monoisotopic (exact) mass is 257 g/mol. The van der Waals surface area contributed by atoms with Crippen LogP contribution in [0, 0.1) is 5.92 Å². The summed E-state index contributed by atoms with van der Waals surface area (Å²) in [5.74, 6) is 0.915. The van der Waals surface area contributed by atoms with Crippen LogP contribution in [0.2, 0.25) is 0 Å². The average molecular weight is 257 g/mol. The molecule has 1 aliphatic carbocycles. The topological polar surface area (TPSA) is 30.5 Å². The van der Waals surface area contributed by atoms with E-state index in [0.717, 1.165) is 44.7 Å². The molecule has 1 fully saturated rings. The predicted molar refractivity (Wildman–Crippen MR) is 76.0 cm³/mol. The molecular weight excluding hydrogens is 226 g/mol. The minimum Gasteiger partial charge on any atom is -0.385 e. The summed E-state index contributed by atoms with van der Waals surface area (Å²) < 4.78 is 10.6. The van der Waals surface area contributed by atoms with Crippen molar-refractivity contribution < 1.29 is 9.47 Å². The summed E-state index contributed by atoms with van der Waals surface area (Å²) in [7, 11) is 1.74. The van der Waals surface area contributed by atoms with Gasteiger partial charge in [0.1, 0.15) is 0 Å². The minimum atomic E-state index is 0.722. The van der Waals surface area contributed by atoms with Gasteiger partial charge in [0.25, 0.3) is 0 Å². The van der Waals surface area contributed by atoms with Gasteiger partial charge in [-0.3, -0.25) is 0 Å². The lowest BCUT2D eigenvalue weighted by Crippen LogP contribution is -2.35. The van der Waals surface area contributed by atoms with Crippen LogP contribution in [0.5, 0.6) is 0 Å². The quantitative estimate of drug-likeness (QED) is 0.577. The number of nitrogens with one attached hydrogen (secondary N) is 1. The smallest absolute Gasteiger partial charge is 0.0487 e. The highest BCUT2D eigenvalue weighted by atomic mass is 16.5. The Labute approximate surface area is 113 Å². The first kappa shape index (κ1) is 15.9. The molecule has 1 rings (SSSR count). The van der Waals surface area contributed by atoms with E-state index < -0.39 is 0 Å². The Bertz CT molecular complexity index is 181. The molecule has 108 valence electrons. The molecule has 0 aromatic rings. The molecule has 1 atom stereocenters. The van der Waals surface area contributed by atoms with E-state index in [1.165, 1.54) is 38.5 Å². The molecule has 0 spiro atoms. The van der Waals surface area contributed by atoms with Crippen molar-refractivity contribution in [2.45, 2.75) is 57.9 Å². The molecule has 1 saturated carbocycles. The van der Waals surface area contributed by atoms with E-state index in [1.54, 1.807) is 7.11 Å². The first-order valence-corrected chi connectivity index (χ1v) is 7.68. The SMILES string of the molecule is CCNC(CCCOCCCOC)C1CCCC1. The third-order valence-electron chi connectivity index (χ3n) is 3.88. The number of hydrogen-bond donors (Lipinski definition) is 1. The number of rotatable bonds is 11. The molecule has 1 unspecified atom stereocenters. The molecule has 3 heteroatoms. The van der Waals surface area contributed by atoms with Crippen LogP contribution in [0.25, 0.3) is 0 Å². The summed E-state index contributed by atoms with van der Waals surface area (Å²) in [5.41, 5.74) is 0. The van der Waals surface area contributed by atoms with Gasteiger partial charge in [-0.05, 0) is 44.6 Å². The molecule has 0 aliphatic heterocycles. The van der Waals surface area contributed by atoms with Gasteiger partial charge in [-0.15, -0.1) is 0 Å². The molecule has 3 nitrogen and oxygen atoms in total. The largest absolute Gasteiger partial charge is 0.385 e. The number of ether oxygens (including phenoxy) is 2. The Morgan fingerprint density at radius 3 is 2.50 bits per heavy atom. The molecule has 0 bridgehead atoms. The lowest BCUT2D eigenvalue weighted by atomic mass is 9.94. The maximum absolute atomic E-state index is 5.62. The highest BCUT2D eigenvalue weighted by molar-refractivity contribution is 4.80. The summed E-state index contributed by atoms with van der Waals surface area (Å²) in [4.78, 5) is 0. The van der Waals surface area contributed by atoms with Gasteiger partial charge in [-0.1, -0.05) is 19.8 Å². The standard InChI is InChI=1S/C15H31NO2/c1-3-16-15(14-8-4-5-9-14)10-6-12-18-13-7-11-17-2/h14-16H,3-13H2,1-2H3. The van der Waals surface area contributed by atoms with Crippen LogP contribution >= 0.6 is 0 Å². The normalized spacial score (nSPS) is 18.3. The number of hydrogen-bond acceptors (Lipinski definition) is 3. The van der Waals surface area contributed by atoms with Crippen molar-refractivity contribution in [3.63, 3.8) is 0 Å². The summed E-state index contributed by atoms with van der Waals surface area (Å²) in [6.07, 6.45) is 9.17. The first-order chi connectivity index (χ1) is 8.88. The molecule has 0 heterocycles. The summed E-state index contributed by atoms with van der Waals surface area (Å²) >= 11 is 0. The molecule has 18 heavy (non-hydrogen) atoms. The summed E-state index contributed by atoms with van der Waals surface area (Å²) in [6, 6.07) is 0.722. The summed E-state index contributed by atoms with van der Waals surface area (Å²) in [6.45, 7) is 5.85. The third-order valence-corrected chi connectivity index (χ3v) is 3.88. The van der Waals surface area contributed by atoms with Gasteiger partial charge in [-0.25, -0.2) is 0 Å². The molecule has 0 amide bonds. The average Bonchev–Trinajstić information content (AvgIpc) is 2.90. The maximum atomic E-state index is 5.62. The van der Waals surface area contributed by atoms with Gasteiger partial charge >= 0.3 is 0 Å². The Kier molecular flexibility index (Phi) is 9.54. The molecular formula is C15H31NO2. The third kappa shape index (κ3) is 6.72. The predicted octanol–water partition coefficient (Wildman–Crippen LogP) is 2.99. The van der Waals surface area contributed by atoms with E-state index in [1.807, 2.05) is 0 Å². The number of methoxy groups -OCH3 is 1. The van der Waals surface area contributed by atoms with Crippen molar-refractivity contribution in [2.24, 2.45) is 5.92 Å². The molecule has 0 radical (unpaired) electrons. The van der Waals surface area contributed by atoms with Crippen LogP contribution in [0.15, 0.2) is 0 Å². The highest BCUT2D eigenvalue weighted by Gasteiger charge is 2.23. The second-order valence-electron chi connectivity index (χ2n) is 5.31. The van der Waals surface area contributed by atoms with Crippen LogP contribution in [-0.2, 0) is 9.47 Å². The highest BCUT2D eigenvalue weighted by Crippen LogP contribution is 2.29. The zero-order valence-corrected chi connectivity index (χ0v) is 12.2. The zero-order valence-electron chi connectivity index (χ0n) is 12.2. The molecule has 0 aromatic carbocycles. The maximum Gasteiger partial charge on any atom is 0.0487 e. The Hall–Kier alpha value is -0.120. The van der Waals surface area contributed by atoms with E-state index >= 15 is 0 Å². The van der Waals surface area contributed by atoms with Gasteiger partial charge in [0.05, 0.1) is 0 Å². The van der Waals surface area contributed by atoms with Crippen molar-refractivity contribution in [3.8, 4) is 0 Å². The van der Waals surface area contributed by atoms with Gasteiger partial charge in [-0.2, -0.15) is 0 Å². The first-order valence-electron chi connectivity index (χ1n) is 7.68. The lowest BCUT2D eigenvalue weighted by Gasteiger charge is -2.24. The van der Waals surface area contributed by atoms with Crippen LogP contribution in [0.3, 0.4) is 0 Å². The van der Waals surface area contributed by atoms with Crippen molar-refractivity contribution in [3.05, 3.63) is 0 Å². The second-order valence-corrected chi connectivity index (χ2v) is 5.31. The van der Waals surface area contributed by atoms with Crippen LogP contribution < -0.4 is 5.32 Å². The fraction of sp³-hybridized carbons (Fsp3) is 1.00. The van der Waals surface area contributed by atoms with Crippen LogP contribution in [0.4, 0.5) is 0 Å². The van der Waals surface area contributed by atoms with Gasteiger partial charge < -0.3 is 14.8 Å². The Morgan fingerprint density at radius 2 is 1.83 bits per heavy atom.